The molecule has 0 spiro atoms. The van der Waals surface area contributed by atoms with E-state index in [0.717, 1.165) is 22.6 Å². The molecule has 2 N–H and O–H groups in total. The van der Waals surface area contributed by atoms with Gasteiger partial charge in [-0.25, -0.2) is 0 Å². The molecule has 0 saturated heterocycles. The van der Waals surface area contributed by atoms with E-state index in [4.69, 9.17) is 11.0 Å². The number of aliphatic imine (C=N–C) groups is 1. The van der Waals surface area contributed by atoms with Gasteiger partial charge in [0, 0.05) is 16.2 Å². The van der Waals surface area contributed by atoms with Crippen molar-refractivity contribution in [2.45, 2.75) is 25.9 Å². The van der Waals surface area contributed by atoms with Crippen molar-refractivity contribution >= 4 is 29.3 Å². The fraction of sp³-hybridized carbons (Fsp3) is 0.227. The highest BCUT2D eigenvalue weighted by Gasteiger charge is 2.30. The van der Waals surface area contributed by atoms with Crippen LogP contribution in [0.3, 0.4) is 0 Å². The molecule has 0 aliphatic rings. The third-order valence-electron chi connectivity index (χ3n) is 4.36. The summed E-state index contributed by atoms with van der Waals surface area (Å²) in [6.07, 6.45) is -3.93. The maximum absolute atomic E-state index is 12.9. The van der Waals surface area contributed by atoms with Crippen molar-refractivity contribution in [1.29, 1.82) is 5.26 Å². The molecule has 0 fully saturated rings. The number of thioether (sulfide) groups is 1. The quantitative estimate of drug-likeness (QED) is 0.581. The number of allylic oxidation sites excluding steroid dienone is 1. The van der Waals surface area contributed by atoms with Gasteiger partial charge in [-0.15, -0.1) is 11.8 Å². The number of carbonyl (C=O) groups is 1. The first-order chi connectivity index (χ1) is 14.2. The number of rotatable bonds is 8. The topological polar surface area (TPSA) is 79.2 Å². The smallest absolute Gasteiger partial charge is 0.366 e. The van der Waals surface area contributed by atoms with Gasteiger partial charge in [-0.2, -0.15) is 18.4 Å². The van der Waals surface area contributed by atoms with E-state index < -0.39 is 17.6 Å². The SMILES string of the molecule is C=N/C(C)=C(\SCCc1cccc(C(F)(F)F)c1)c1ccc(C(N)=O)c(CC#N)c1. The lowest BCUT2D eigenvalue weighted by Crippen LogP contribution is -2.13. The summed E-state index contributed by atoms with van der Waals surface area (Å²) in [5.41, 5.74) is 7.44. The molecule has 0 unspecified atom stereocenters. The van der Waals surface area contributed by atoms with E-state index in [2.05, 4.69) is 11.7 Å². The summed E-state index contributed by atoms with van der Waals surface area (Å²) in [5.74, 6) is -0.109. The summed E-state index contributed by atoms with van der Waals surface area (Å²) >= 11 is 1.42. The normalized spacial score (nSPS) is 12.1. The van der Waals surface area contributed by atoms with E-state index >= 15 is 0 Å². The Morgan fingerprint density at radius 2 is 2.00 bits per heavy atom. The van der Waals surface area contributed by atoms with Crippen LogP contribution in [0.1, 0.15) is 39.5 Å². The molecule has 4 nitrogen and oxygen atoms in total. The molecule has 0 bridgehead atoms. The minimum Gasteiger partial charge on any atom is -0.366 e. The summed E-state index contributed by atoms with van der Waals surface area (Å²) in [4.78, 5) is 16.3. The zero-order valence-corrected chi connectivity index (χ0v) is 17.1. The molecule has 30 heavy (non-hydrogen) atoms. The lowest BCUT2D eigenvalue weighted by atomic mass is 10.0. The van der Waals surface area contributed by atoms with Crippen molar-refractivity contribution in [2.75, 3.05) is 5.75 Å². The highest BCUT2D eigenvalue weighted by atomic mass is 32.2. The first kappa shape index (κ1) is 23.2. The highest BCUT2D eigenvalue weighted by molar-refractivity contribution is 8.08. The molecule has 8 heteroatoms. The molecule has 0 aliphatic carbocycles. The first-order valence-corrected chi connectivity index (χ1v) is 9.92. The van der Waals surface area contributed by atoms with Gasteiger partial charge in [0.2, 0.25) is 5.91 Å². The van der Waals surface area contributed by atoms with Gasteiger partial charge in [-0.3, -0.25) is 9.79 Å². The predicted octanol–water partition coefficient (Wildman–Crippen LogP) is 5.24. The van der Waals surface area contributed by atoms with Crippen molar-refractivity contribution in [1.82, 2.24) is 0 Å². The van der Waals surface area contributed by atoms with Crippen molar-refractivity contribution in [3.8, 4) is 6.07 Å². The lowest BCUT2D eigenvalue weighted by Gasteiger charge is -2.13. The predicted molar refractivity (Wildman–Crippen MR) is 114 cm³/mol. The van der Waals surface area contributed by atoms with Crippen LogP contribution < -0.4 is 5.73 Å². The van der Waals surface area contributed by atoms with Crippen LogP contribution in [0, 0.1) is 11.3 Å². The number of amides is 1. The minimum absolute atomic E-state index is 0.0227. The van der Waals surface area contributed by atoms with Gasteiger partial charge in [-0.05, 0) is 55.0 Å². The maximum atomic E-state index is 12.9. The van der Waals surface area contributed by atoms with E-state index in [-0.39, 0.29) is 12.0 Å². The molecular formula is C22H20F3N3OS. The first-order valence-electron chi connectivity index (χ1n) is 8.94. The third-order valence-corrected chi connectivity index (χ3v) is 5.59. The van der Waals surface area contributed by atoms with Gasteiger partial charge in [0.25, 0.3) is 0 Å². The van der Waals surface area contributed by atoms with Gasteiger partial charge < -0.3 is 5.73 Å². The summed E-state index contributed by atoms with van der Waals surface area (Å²) in [6, 6.07) is 12.2. The molecule has 156 valence electrons. The second kappa shape index (κ2) is 10.1. The summed E-state index contributed by atoms with van der Waals surface area (Å²) in [7, 11) is 0. The average Bonchev–Trinajstić information content (AvgIpc) is 2.70. The molecule has 2 rings (SSSR count). The number of alkyl halides is 3. The molecular weight excluding hydrogens is 411 g/mol. The molecule has 0 aliphatic heterocycles. The van der Waals surface area contributed by atoms with Gasteiger partial charge in [0.15, 0.2) is 0 Å². The van der Waals surface area contributed by atoms with Crippen molar-refractivity contribution in [3.05, 3.63) is 76.0 Å². The summed E-state index contributed by atoms with van der Waals surface area (Å²) < 4.78 is 38.7. The number of primary amides is 1. The Kier molecular flexibility index (Phi) is 7.84. The summed E-state index contributed by atoms with van der Waals surface area (Å²) in [6.45, 7) is 5.31. The Morgan fingerprint density at radius 1 is 1.27 bits per heavy atom. The number of carbonyl (C=O) groups excluding carboxylic acids is 1. The molecule has 2 aromatic rings. The van der Waals surface area contributed by atoms with Gasteiger partial charge >= 0.3 is 6.18 Å². The van der Waals surface area contributed by atoms with Crippen LogP contribution in [-0.2, 0) is 19.0 Å². The number of hydrogen-bond acceptors (Lipinski definition) is 4. The number of aryl methyl sites for hydroxylation is 1. The number of nitrogens with zero attached hydrogens (tertiary/aromatic N) is 2. The molecule has 2 aromatic carbocycles. The molecule has 1 amide bonds. The molecule has 0 aromatic heterocycles. The van der Waals surface area contributed by atoms with E-state index in [0.29, 0.717) is 29.0 Å². The highest BCUT2D eigenvalue weighted by Crippen LogP contribution is 2.34. The minimum atomic E-state index is -4.38. The van der Waals surface area contributed by atoms with E-state index in [9.17, 15) is 18.0 Å². The number of benzene rings is 2. The van der Waals surface area contributed by atoms with E-state index in [1.807, 2.05) is 6.07 Å². The van der Waals surface area contributed by atoms with Crippen LogP contribution in [0.4, 0.5) is 13.2 Å². The van der Waals surface area contributed by atoms with E-state index in [1.165, 1.54) is 17.8 Å². The second-order valence-electron chi connectivity index (χ2n) is 6.44. The molecule has 0 atom stereocenters. The Bertz CT molecular complexity index is 1020. The third kappa shape index (κ3) is 5.97. The number of hydrogen-bond donors (Lipinski definition) is 1. The largest absolute Gasteiger partial charge is 0.416 e. The number of nitrogens with two attached hydrogens (primary N) is 1. The summed E-state index contributed by atoms with van der Waals surface area (Å²) in [5, 5.41) is 9.03. The standard InChI is InChI=1S/C22H20F3N3OS/c1-14(28-2)20(17-6-7-19(21(27)29)16(13-17)8-10-26)30-11-9-15-4-3-5-18(12-15)22(23,24)25/h3-7,12-13H,2,8-9,11H2,1H3,(H2,27,29)/b20-14-. The van der Waals surface area contributed by atoms with Gasteiger partial charge in [0.05, 0.1) is 23.8 Å². The van der Waals surface area contributed by atoms with Crippen molar-refractivity contribution in [2.24, 2.45) is 10.7 Å². The fourth-order valence-corrected chi connectivity index (χ4v) is 3.96. The van der Waals surface area contributed by atoms with Crippen molar-refractivity contribution in [3.63, 3.8) is 0 Å². The van der Waals surface area contributed by atoms with Gasteiger partial charge in [0.1, 0.15) is 0 Å². The number of halogens is 3. The zero-order valence-electron chi connectivity index (χ0n) is 16.3. The van der Waals surface area contributed by atoms with Crippen LogP contribution in [0.2, 0.25) is 0 Å². The second-order valence-corrected chi connectivity index (χ2v) is 7.55. The fourth-order valence-electron chi connectivity index (χ4n) is 2.85. The zero-order chi connectivity index (χ0) is 22.3. The van der Waals surface area contributed by atoms with E-state index in [1.54, 1.807) is 31.2 Å². The molecule has 0 radical (unpaired) electrons. The van der Waals surface area contributed by atoms with Crippen LogP contribution in [0.15, 0.2) is 53.2 Å². The number of nitriles is 1. The Hall–Kier alpha value is -3.05. The Balaban J connectivity index is 2.25. The Morgan fingerprint density at radius 3 is 2.60 bits per heavy atom. The van der Waals surface area contributed by atoms with Gasteiger partial charge in [-0.1, -0.05) is 24.3 Å². The molecule has 0 heterocycles. The van der Waals surface area contributed by atoms with Crippen LogP contribution in [0.25, 0.3) is 4.91 Å². The average molecular weight is 431 g/mol. The molecule has 0 saturated carbocycles. The van der Waals surface area contributed by atoms with Crippen LogP contribution >= 0.6 is 11.8 Å². The van der Waals surface area contributed by atoms with Crippen molar-refractivity contribution < 1.29 is 18.0 Å². The monoisotopic (exact) mass is 431 g/mol. The van der Waals surface area contributed by atoms with Crippen LogP contribution in [-0.4, -0.2) is 18.4 Å². The lowest BCUT2D eigenvalue weighted by molar-refractivity contribution is -0.137. The maximum Gasteiger partial charge on any atom is 0.416 e. The Labute approximate surface area is 177 Å². The van der Waals surface area contributed by atoms with Crippen LogP contribution in [0.5, 0.6) is 0 Å².